The van der Waals surface area contributed by atoms with Crippen molar-refractivity contribution in [2.75, 3.05) is 24.2 Å². The minimum Gasteiger partial charge on any atom is -0.375 e. The van der Waals surface area contributed by atoms with Gasteiger partial charge in [0.2, 0.25) is 5.91 Å². The molecule has 1 aromatic carbocycles. The molecule has 0 aliphatic carbocycles. The van der Waals surface area contributed by atoms with E-state index in [1.54, 1.807) is 11.9 Å². The van der Waals surface area contributed by atoms with Gasteiger partial charge in [0, 0.05) is 30.7 Å². The van der Waals surface area contributed by atoms with Gasteiger partial charge in [0.1, 0.15) is 0 Å². The highest BCUT2D eigenvalue weighted by Gasteiger charge is 2.25. The summed E-state index contributed by atoms with van der Waals surface area (Å²) in [6.07, 6.45) is 0. The molecular weight excluding hydrogens is 272 g/mol. The van der Waals surface area contributed by atoms with Crippen LogP contribution in [-0.2, 0) is 17.9 Å². The number of nitrogen functional groups attached to an aromatic ring is 1. The second-order valence-corrected chi connectivity index (χ2v) is 5.97. The smallest absolute Gasteiger partial charge is 0.240 e. The number of hydrogen-bond donors (Lipinski definition) is 1. The lowest BCUT2D eigenvalue weighted by Gasteiger charge is -2.21. The molecule has 2 heterocycles. The van der Waals surface area contributed by atoms with Gasteiger partial charge >= 0.3 is 0 Å². The minimum absolute atomic E-state index is 0.0827. The molecule has 3 rings (SSSR count). The summed E-state index contributed by atoms with van der Waals surface area (Å²) >= 11 is 1.51. The number of rotatable bonds is 3. The Hall–Kier alpha value is -1.92. The van der Waals surface area contributed by atoms with E-state index in [2.05, 4.69) is 9.88 Å². The van der Waals surface area contributed by atoms with Crippen molar-refractivity contribution in [1.82, 2.24) is 9.88 Å². The molecule has 1 aliphatic heterocycles. The molecule has 0 fully saturated rings. The van der Waals surface area contributed by atoms with Crippen LogP contribution in [0.2, 0.25) is 0 Å². The molecule has 0 spiro atoms. The zero-order chi connectivity index (χ0) is 14.1. The SMILES string of the molecule is CN(C(=O)CN1Cc2nc(N)sc2C1)c1ccccc1. The van der Waals surface area contributed by atoms with E-state index in [-0.39, 0.29) is 5.91 Å². The molecule has 5 nitrogen and oxygen atoms in total. The number of hydrogen-bond acceptors (Lipinski definition) is 5. The lowest BCUT2D eigenvalue weighted by atomic mass is 10.3. The van der Waals surface area contributed by atoms with Crippen LogP contribution in [0.5, 0.6) is 0 Å². The number of nitrogens with zero attached hydrogens (tertiary/aromatic N) is 3. The summed E-state index contributed by atoms with van der Waals surface area (Å²) in [5.74, 6) is 0.0827. The predicted octanol–water partition coefficient (Wildman–Crippen LogP) is 1.70. The number of nitrogens with two attached hydrogens (primary N) is 1. The largest absolute Gasteiger partial charge is 0.375 e. The molecule has 0 bridgehead atoms. The highest BCUT2D eigenvalue weighted by molar-refractivity contribution is 7.15. The molecule has 1 amide bonds. The predicted molar refractivity (Wildman–Crippen MR) is 80.5 cm³/mol. The van der Waals surface area contributed by atoms with Crippen molar-refractivity contribution in [3.8, 4) is 0 Å². The Kier molecular flexibility index (Phi) is 3.42. The van der Waals surface area contributed by atoms with E-state index in [0.29, 0.717) is 18.2 Å². The monoisotopic (exact) mass is 288 g/mol. The molecule has 1 aliphatic rings. The van der Waals surface area contributed by atoms with E-state index < -0.39 is 0 Å². The molecule has 20 heavy (non-hydrogen) atoms. The normalized spacial score (nSPS) is 14.2. The average Bonchev–Trinajstić information content (AvgIpc) is 2.95. The van der Waals surface area contributed by atoms with Crippen LogP contribution < -0.4 is 10.6 Å². The number of aromatic nitrogens is 1. The number of carbonyl (C=O) groups excluding carboxylic acids is 1. The third-order valence-corrected chi connectivity index (χ3v) is 4.32. The molecule has 104 valence electrons. The summed E-state index contributed by atoms with van der Waals surface area (Å²) < 4.78 is 0. The van der Waals surface area contributed by atoms with Gasteiger partial charge in [-0.3, -0.25) is 9.69 Å². The fourth-order valence-corrected chi connectivity index (χ4v) is 3.21. The fraction of sp³-hybridized carbons (Fsp3) is 0.286. The molecule has 6 heteroatoms. The van der Waals surface area contributed by atoms with Crippen molar-refractivity contribution in [3.63, 3.8) is 0 Å². The molecule has 0 saturated heterocycles. The molecule has 1 aromatic heterocycles. The number of carbonyl (C=O) groups is 1. The van der Waals surface area contributed by atoms with Crippen molar-refractivity contribution >= 4 is 28.1 Å². The van der Waals surface area contributed by atoms with E-state index in [4.69, 9.17) is 5.73 Å². The molecule has 0 radical (unpaired) electrons. The fourth-order valence-electron chi connectivity index (χ4n) is 2.33. The van der Waals surface area contributed by atoms with Gasteiger partial charge in [-0.1, -0.05) is 18.2 Å². The highest BCUT2D eigenvalue weighted by Crippen LogP contribution is 2.29. The van der Waals surface area contributed by atoms with Crippen LogP contribution in [-0.4, -0.2) is 29.4 Å². The number of para-hydroxylation sites is 1. The van der Waals surface area contributed by atoms with Crippen LogP contribution in [0, 0.1) is 0 Å². The second kappa shape index (κ2) is 5.22. The van der Waals surface area contributed by atoms with Crippen molar-refractivity contribution < 1.29 is 4.79 Å². The van der Waals surface area contributed by atoms with Gasteiger partial charge in [0.15, 0.2) is 5.13 Å². The highest BCUT2D eigenvalue weighted by atomic mass is 32.1. The van der Waals surface area contributed by atoms with Crippen LogP contribution in [0.15, 0.2) is 30.3 Å². The lowest BCUT2D eigenvalue weighted by Crippen LogP contribution is -2.36. The lowest BCUT2D eigenvalue weighted by molar-refractivity contribution is -0.119. The first-order chi connectivity index (χ1) is 9.63. The summed E-state index contributed by atoms with van der Waals surface area (Å²) in [4.78, 5) is 21.5. The minimum atomic E-state index is 0.0827. The number of thiazole rings is 1. The first kappa shape index (κ1) is 13.1. The molecule has 0 atom stereocenters. The first-order valence-electron chi connectivity index (χ1n) is 6.41. The quantitative estimate of drug-likeness (QED) is 0.934. The van der Waals surface area contributed by atoms with Crippen molar-refractivity contribution in [3.05, 3.63) is 40.9 Å². The zero-order valence-electron chi connectivity index (χ0n) is 11.2. The summed E-state index contributed by atoms with van der Waals surface area (Å²) in [6, 6.07) is 9.66. The third-order valence-electron chi connectivity index (χ3n) is 3.41. The summed E-state index contributed by atoms with van der Waals surface area (Å²) in [6.45, 7) is 1.87. The van der Waals surface area contributed by atoms with Crippen LogP contribution in [0.1, 0.15) is 10.6 Å². The zero-order valence-corrected chi connectivity index (χ0v) is 12.1. The topological polar surface area (TPSA) is 62.5 Å². The van der Waals surface area contributed by atoms with Gasteiger partial charge in [-0.2, -0.15) is 0 Å². The Morgan fingerprint density at radius 1 is 1.40 bits per heavy atom. The van der Waals surface area contributed by atoms with Crippen LogP contribution in [0.4, 0.5) is 10.8 Å². The standard InChI is InChI=1S/C14H16N4OS/c1-17(10-5-3-2-4-6-10)13(19)9-18-7-11-12(8-18)20-14(15)16-11/h2-6H,7-9H2,1H3,(H2,15,16). The molecule has 0 saturated carbocycles. The Morgan fingerprint density at radius 3 is 2.85 bits per heavy atom. The van der Waals surface area contributed by atoms with Gasteiger partial charge in [-0.25, -0.2) is 4.98 Å². The Bertz CT molecular complexity index is 602. The van der Waals surface area contributed by atoms with E-state index in [1.807, 2.05) is 30.3 Å². The Morgan fingerprint density at radius 2 is 2.15 bits per heavy atom. The van der Waals surface area contributed by atoms with E-state index in [0.717, 1.165) is 17.9 Å². The number of anilines is 2. The van der Waals surface area contributed by atoms with Crippen molar-refractivity contribution in [2.24, 2.45) is 0 Å². The summed E-state index contributed by atoms with van der Waals surface area (Å²) in [7, 11) is 1.81. The number of amides is 1. The Balaban J connectivity index is 1.62. The first-order valence-corrected chi connectivity index (χ1v) is 7.23. The van der Waals surface area contributed by atoms with E-state index in [9.17, 15) is 4.79 Å². The maximum absolute atomic E-state index is 12.3. The maximum atomic E-state index is 12.3. The Labute approximate surface area is 121 Å². The van der Waals surface area contributed by atoms with Gasteiger partial charge < -0.3 is 10.6 Å². The molecule has 2 aromatic rings. The number of fused-ring (bicyclic) bond motifs is 1. The van der Waals surface area contributed by atoms with E-state index in [1.165, 1.54) is 16.2 Å². The maximum Gasteiger partial charge on any atom is 0.240 e. The molecule has 2 N–H and O–H groups in total. The van der Waals surface area contributed by atoms with Crippen LogP contribution >= 0.6 is 11.3 Å². The number of benzene rings is 1. The van der Waals surface area contributed by atoms with E-state index >= 15 is 0 Å². The van der Waals surface area contributed by atoms with Gasteiger partial charge in [-0.05, 0) is 12.1 Å². The van der Waals surface area contributed by atoms with Gasteiger partial charge in [0.05, 0.1) is 12.2 Å². The molecule has 0 unspecified atom stereocenters. The van der Waals surface area contributed by atoms with Crippen molar-refractivity contribution in [1.29, 1.82) is 0 Å². The number of likely N-dealkylation sites (N-methyl/N-ethyl adjacent to an activating group) is 1. The summed E-state index contributed by atoms with van der Waals surface area (Å²) in [5, 5.41) is 0.613. The average molecular weight is 288 g/mol. The molecular formula is C14H16N4OS. The van der Waals surface area contributed by atoms with Gasteiger partial charge in [0.25, 0.3) is 0 Å². The third kappa shape index (κ3) is 2.52. The van der Waals surface area contributed by atoms with Crippen LogP contribution in [0.25, 0.3) is 0 Å². The van der Waals surface area contributed by atoms with Crippen LogP contribution in [0.3, 0.4) is 0 Å². The van der Waals surface area contributed by atoms with Gasteiger partial charge in [-0.15, -0.1) is 11.3 Å². The second-order valence-electron chi connectivity index (χ2n) is 4.86. The summed E-state index contributed by atoms with van der Waals surface area (Å²) in [5.41, 5.74) is 7.60. The van der Waals surface area contributed by atoms with Crippen molar-refractivity contribution in [2.45, 2.75) is 13.1 Å².